The zero-order chi connectivity index (χ0) is 22.9. The van der Waals surface area contributed by atoms with Gasteiger partial charge in [-0.2, -0.15) is 4.98 Å². The molecule has 0 bridgehead atoms. The van der Waals surface area contributed by atoms with Gasteiger partial charge in [0.25, 0.3) is 6.01 Å². The summed E-state index contributed by atoms with van der Waals surface area (Å²) < 4.78 is 5.67. The van der Waals surface area contributed by atoms with Gasteiger partial charge >= 0.3 is 5.97 Å². The molecule has 162 valence electrons. The maximum Gasteiger partial charge on any atom is 0.339 e. The van der Waals surface area contributed by atoms with E-state index in [2.05, 4.69) is 34.2 Å². The van der Waals surface area contributed by atoms with Crippen molar-refractivity contribution in [1.82, 2.24) is 9.97 Å². The number of phenols is 1. The fraction of sp³-hybridized carbons (Fsp3) is 0. The van der Waals surface area contributed by atoms with Gasteiger partial charge < -0.3 is 19.9 Å². The molecule has 5 aromatic rings. The number of halogens is 1. The van der Waals surface area contributed by atoms with Crippen LogP contribution in [0.2, 0.25) is 5.02 Å². The molecule has 0 fully saturated rings. The van der Waals surface area contributed by atoms with Crippen LogP contribution in [0.1, 0.15) is 10.4 Å². The van der Waals surface area contributed by atoms with Crippen LogP contribution in [-0.2, 0) is 0 Å². The number of H-pyrrole nitrogens is 1. The molecule has 0 amide bonds. The second-order valence-electron chi connectivity index (χ2n) is 7.42. The summed E-state index contributed by atoms with van der Waals surface area (Å²) in [5.41, 5.74) is 5.19. The van der Waals surface area contributed by atoms with Crippen LogP contribution < -0.4 is 4.74 Å². The highest BCUT2D eigenvalue weighted by atomic mass is 35.5. The molecular formula is C26H17ClN2O4. The SMILES string of the molecule is O=C(O)c1ccc(Oc2nc3cc(-c4ccc(-c5ccccc5)cc4)c(Cl)cc3[nH]2)cc1O. The van der Waals surface area contributed by atoms with Crippen LogP contribution in [0.25, 0.3) is 33.3 Å². The first-order valence-corrected chi connectivity index (χ1v) is 10.4. The first-order chi connectivity index (χ1) is 16.0. The highest BCUT2D eigenvalue weighted by Crippen LogP contribution is 2.34. The number of nitrogens with zero attached hydrogens (tertiary/aromatic N) is 1. The Morgan fingerprint density at radius 3 is 2.27 bits per heavy atom. The first kappa shape index (κ1) is 20.6. The molecule has 3 N–H and O–H groups in total. The maximum absolute atomic E-state index is 11.0. The molecule has 0 aliphatic carbocycles. The van der Waals surface area contributed by atoms with Crippen LogP contribution in [0, 0.1) is 0 Å². The number of carbonyl (C=O) groups is 1. The summed E-state index contributed by atoms with van der Waals surface area (Å²) in [5, 5.41) is 19.5. The molecule has 4 aromatic carbocycles. The van der Waals surface area contributed by atoms with Gasteiger partial charge in [-0.25, -0.2) is 4.79 Å². The van der Waals surface area contributed by atoms with Gasteiger partial charge in [0, 0.05) is 11.6 Å². The lowest BCUT2D eigenvalue weighted by Crippen LogP contribution is -1.96. The predicted molar refractivity (Wildman–Crippen MR) is 127 cm³/mol. The summed E-state index contributed by atoms with van der Waals surface area (Å²) >= 11 is 6.55. The molecule has 7 heteroatoms. The van der Waals surface area contributed by atoms with Gasteiger partial charge in [0.1, 0.15) is 17.1 Å². The molecule has 0 saturated carbocycles. The van der Waals surface area contributed by atoms with E-state index in [0.29, 0.717) is 16.1 Å². The highest BCUT2D eigenvalue weighted by molar-refractivity contribution is 6.34. The Morgan fingerprint density at radius 1 is 0.879 bits per heavy atom. The van der Waals surface area contributed by atoms with Crippen LogP contribution in [0.4, 0.5) is 0 Å². The monoisotopic (exact) mass is 456 g/mol. The van der Waals surface area contributed by atoms with Crippen molar-refractivity contribution in [3.63, 3.8) is 0 Å². The number of hydrogen-bond acceptors (Lipinski definition) is 4. The van der Waals surface area contributed by atoms with Gasteiger partial charge in [0.15, 0.2) is 0 Å². The van der Waals surface area contributed by atoms with Crippen molar-refractivity contribution in [2.45, 2.75) is 0 Å². The molecular weight excluding hydrogens is 440 g/mol. The van der Waals surface area contributed by atoms with Crippen LogP contribution in [0.3, 0.4) is 0 Å². The third-order valence-corrected chi connectivity index (χ3v) is 5.58. The van der Waals surface area contributed by atoms with Crippen LogP contribution in [0.15, 0.2) is 84.9 Å². The molecule has 0 atom stereocenters. The minimum atomic E-state index is -1.22. The van der Waals surface area contributed by atoms with Gasteiger partial charge in [-0.1, -0.05) is 66.2 Å². The maximum atomic E-state index is 11.0. The topological polar surface area (TPSA) is 95.4 Å². The quantitative estimate of drug-likeness (QED) is 0.272. The summed E-state index contributed by atoms with van der Waals surface area (Å²) in [7, 11) is 0. The van der Waals surface area contributed by atoms with Crippen molar-refractivity contribution in [2.75, 3.05) is 0 Å². The number of aromatic nitrogens is 2. The van der Waals surface area contributed by atoms with Crippen molar-refractivity contribution in [3.8, 4) is 39.8 Å². The van der Waals surface area contributed by atoms with E-state index in [1.54, 1.807) is 6.07 Å². The van der Waals surface area contributed by atoms with Gasteiger partial charge in [-0.15, -0.1) is 0 Å². The minimum Gasteiger partial charge on any atom is -0.507 e. The van der Waals surface area contributed by atoms with Crippen molar-refractivity contribution in [2.24, 2.45) is 0 Å². The van der Waals surface area contributed by atoms with Crippen LogP contribution in [0.5, 0.6) is 17.5 Å². The molecule has 0 aliphatic rings. The zero-order valence-corrected chi connectivity index (χ0v) is 17.9. The molecule has 0 radical (unpaired) electrons. The summed E-state index contributed by atoms with van der Waals surface area (Å²) in [6.45, 7) is 0. The Hall–Kier alpha value is -4.29. The summed E-state index contributed by atoms with van der Waals surface area (Å²) in [6, 6.07) is 26.1. The van der Waals surface area contributed by atoms with Crippen LogP contribution in [-0.4, -0.2) is 26.2 Å². The van der Waals surface area contributed by atoms with Crippen molar-refractivity contribution in [3.05, 3.63) is 95.5 Å². The molecule has 1 heterocycles. The molecule has 0 saturated heterocycles. The highest BCUT2D eigenvalue weighted by Gasteiger charge is 2.14. The number of imidazole rings is 1. The number of nitrogens with one attached hydrogen (secondary N) is 1. The molecule has 6 nitrogen and oxygen atoms in total. The van der Waals surface area contributed by atoms with E-state index in [4.69, 9.17) is 21.4 Å². The first-order valence-electron chi connectivity index (χ1n) is 10.1. The lowest BCUT2D eigenvalue weighted by Gasteiger charge is -2.07. The molecule has 1 aromatic heterocycles. The van der Waals surface area contributed by atoms with Gasteiger partial charge in [0.2, 0.25) is 0 Å². The smallest absolute Gasteiger partial charge is 0.339 e. The third kappa shape index (κ3) is 4.12. The van der Waals surface area contributed by atoms with Crippen molar-refractivity contribution >= 4 is 28.6 Å². The summed E-state index contributed by atoms with van der Waals surface area (Å²) in [5.74, 6) is -1.36. The number of aromatic carboxylic acids is 1. The molecule has 33 heavy (non-hydrogen) atoms. The van der Waals surface area contributed by atoms with E-state index >= 15 is 0 Å². The number of ether oxygens (including phenoxy) is 1. The Bertz CT molecular complexity index is 1480. The Kier molecular flexibility index (Phi) is 5.20. The Morgan fingerprint density at radius 2 is 1.58 bits per heavy atom. The normalized spacial score (nSPS) is 10.9. The van der Waals surface area contributed by atoms with Crippen molar-refractivity contribution in [1.29, 1.82) is 0 Å². The predicted octanol–water partition coefficient (Wildman–Crippen LogP) is 6.75. The lowest BCUT2D eigenvalue weighted by atomic mass is 10.00. The summed E-state index contributed by atoms with van der Waals surface area (Å²) in [4.78, 5) is 18.5. The minimum absolute atomic E-state index is 0.195. The lowest BCUT2D eigenvalue weighted by molar-refractivity contribution is 0.0693. The molecule has 5 rings (SSSR count). The number of aromatic amines is 1. The van der Waals surface area contributed by atoms with Gasteiger partial charge in [0.05, 0.1) is 16.1 Å². The Balaban J connectivity index is 1.44. The van der Waals surface area contributed by atoms with E-state index in [1.807, 2.05) is 36.4 Å². The fourth-order valence-corrected chi connectivity index (χ4v) is 3.89. The average Bonchev–Trinajstić information content (AvgIpc) is 3.20. The number of benzene rings is 4. The van der Waals surface area contributed by atoms with E-state index in [-0.39, 0.29) is 23.1 Å². The molecule has 0 aliphatic heterocycles. The third-order valence-electron chi connectivity index (χ3n) is 5.27. The standard InChI is InChI=1S/C26H17ClN2O4/c27-21-14-23-22(28-26(29-23)33-18-10-11-19(25(31)32)24(30)12-18)13-20(21)17-8-6-16(7-9-17)15-4-2-1-3-5-15/h1-14,30H,(H,28,29)(H,31,32). The molecule has 0 unspecified atom stereocenters. The second kappa shape index (κ2) is 8.33. The number of fused-ring (bicyclic) bond motifs is 1. The number of carboxylic acid groups (broad SMARTS) is 1. The van der Waals surface area contributed by atoms with Gasteiger partial charge in [-0.3, -0.25) is 0 Å². The number of hydrogen-bond donors (Lipinski definition) is 3. The van der Waals surface area contributed by atoms with E-state index in [9.17, 15) is 9.90 Å². The van der Waals surface area contributed by atoms with Crippen molar-refractivity contribution < 1.29 is 19.7 Å². The summed E-state index contributed by atoms with van der Waals surface area (Å²) in [6.07, 6.45) is 0. The zero-order valence-electron chi connectivity index (χ0n) is 17.1. The molecule has 0 spiro atoms. The van der Waals surface area contributed by atoms with Crippen LogP contribution >= 0.6 is 11.6 Å². The van der Waals surface area contributed by atoms with E-state index in [1.165, 1.54) is 18.2 Å². The fourth-order valence-electron chi connectivity index (χ4n) is 3.62. The number of rotatable bonds is 5. The Labute approximate surface area is 193 Å². The van der Waals surface area contributed by atoms with E-state index < -0.39 is 5.97 Å². The van der Waals surface area contributed by atoms with E-state index in [0.717, 1.165) is 22.3 Å². The second-order valence-corrected chi connectivity index (χ2v) is 7.83. The average molecular weight is 457 g/mol. The number of aromatic hydroxyl groups is 1. The van der Waals surface area contributed by atoms with Gasteiger partial charge in [-0.05, 0) is 41.0 Å². The number of carboxylic acids is 1. The largest absolute Gasteiger partial charge is 0.507 e.